The van der Waals surface area contributed by atoms with Crippen molar-refractivity contribution in [2.75, 3.05) is 13.1 Å². The molecule has 2 nitrogen and oxygen atoms in total. The highest BCUT2D eigenvalue weighted by Crippen LogP contribution is 2.40. The maximum atomic E-state index is 6.76. The van der Waals surface area contributed by atoms with E-state index in [1.54, 1.807) is 0 Å². The van der Waals surface area contributed by atoms with E-state index in [4.69, 9.17) is 5.73 Å². The van der Waals surface area contributed by atoms with E-state index in [-0.39, 0.29) is 5.54 Å². The van der Waals surface area contributed by atoms with Gasteiger partial charge in [-0.2, -0.15) is 0 Å². The predicted molar refractivity (Wildman–Crippen MR) is 70.8 cm³/mol. The van der Waals surface area contributed by atoms with Gasteiger partial charge in [-0.1, -0.05) is 30.3 Å². The fourth-order valence-electron chi connectivity index (χ4n) is 3.66. The lowest BCUT2D eigenvalue weighted by atomic mass is 9.85. The van der Waals surface area contributed by atoms with E-state index >= 15 is 0 Å². The topological polar surface area (TPSA) is 29.3 Å². The third kappa shape index (κ3) is 1.90. The normalized spacial score (nSPS) is 34.3. The summed E-state index contributed by atoms with van der Waals surface area (Å²) in [7, 11) is 0. The Morgan fingerprint density at radius 2 is 1.76 bits per heavy atom. The number of nitrogens with zero attached hydrogens (tertiary/aromatic N) is 1. The summed E-state index contributed by atoms with van der Waals surface area (Å²) < 4.78 is 0. The van der Waals surface area contributed by atoms with Crippen LogP contribution in [0.4, 0.5) is 0 Å². The van der Waals surface area contributed by atoms with E-state index in [0.29, 0.717) is 6.04 Å². The molecule has 1 saturated carbocycles. The van der Waals surface area contributed by atoms with Crippen molar-refractivity contribution < 1.29 is 0 Å². The Morgan fingerprint density at radius 1 is 1.06 bits per heavy atom. The first kappa shape index (κ1) is 11.2. The molecule has 2 N–H and O–H groups in total. The molecule has 2 fully saturated rings. The lowest BCUT2D eigenvalue weighted by molar-refractivity contribution is 0.172. The summed E-state index contributed by atoms with van der Waals surface area (Å²) in [6, 6.07) is 11.3. The molecule has 1 saturated heterocycles. The zero-order valence-corrected chi connectivity index (χ0v) is 10.4. The molecule has 1 aliphatic carbocycles. The summed E-state index contributed by atoms with van der Waals surface area (Å²) in [5, 5.41) is 0. The van der Waals surface area contributed by atoms with Gasteiger partial charge < -0.3 is 5.73 Å². The molecule has 1 heterocycles. The summed E-state index contributed by atoms with van der Waals surface area (Å²) in [4.78, 5) is 2.62. The molecular formula is C15H22N2. The molecule has 2 heteroatoms. The summed E-state index contributed by atoms with van der Waals surface area (Å²) >= 11 is 0. The van der Waals surface area contributed by atoms with Gasteiger partial charge in [-0.3, -0.25) is 4.90 Å². The molecule has 1 aromatic rings. The van der Waals surface area contributed by atoms with Gasteiger partial charge in [0.25, 0.3) is 0 Å². The van der Waals surface area contributed by atoms with E-state index < -0.39 is 0 Å². The van der Waals surface area contributed by atoms with Crippen molar-refractivity contribution >= 4 is 0 Å². The zero-order chi connectivity index (χ0) is 11.7. The first-order valence-corrected chi connectivity index (χ1v) is 6.89. The van der Waals surface area contributed by atoms with Crippen LogP contribution in [0.1, 0.15) is 37.7 Å². The zero-order valence-electron chi connectivity index (χ0n) is 10.4. The molecule has 0 bridgehead atoms. The Bertz CT molecular complexity index is 370. The van der Waals surface area contributed by atoms with E-state index in [1.807, 2.05) is 0 Å². The highest BCUT2D eigenvalue weighted by Gasteiger charge is 2.44. The van der Waals surface area contributed by atoms with Crippen LogP contribution in [0, 0.1) is 0 Å². The van der Waals surface area contributed by atoms with E-state index in [9.17, 15) is 0 Å². The van der Waals surface area contributed by atoms with Crippen LogP contribution < -0.4 is 5.73 Å². The minimum absolute atomic E-state index is 0.106. The summed E-state index contributed by atoms with van der Waals surface area (Å²) in [6.45, 7) is 2.49. The lowest BCUT2D eigenvalue weighted by Crippen LogP contribution is -2.52. The molecule has 17 heavy (non-hydrogen) atoms. The standard InChI is InChI=1S/C15H22N2/c16-15(13-7-2-1-3-8-13)10-6-9-14(15)17-11-4-5-12-17/h1-3,7-8,14H,4-6,9-12,16H2/t14-,15+/m0/s1. The van der Waals surface area contributed by atoms with Gasteiger partial charge >= 0.3 is 0 Å². The van der Waals surface area contributed by atoms with Gasteiger partial charge in [-0.25, -0.2) is 0 Å². The SMILES string of the molecule is N[C@@]1(c2ccccc2)CCC[C@@H]1N1CCCC1. The first-order valence-electron chi connectivity index (χ1n) is 6.89. The largest absolute Gasteiger partial charge is 0.320 e. The summed E-state index contributed by atoms with van der Waals surface area (Å²) in [6.07, 6.45) is 6.37. The van der Waals surface area contributed by atoms with Crippen LogP contribution in [0.3, 0.4) is 0 Å². The van der Waals surface area contributed by atoms with Gasteiger partial charge in [0.2, 0.25) is 0 Å². The van der Waals surface area contributed by atoms with Gasteiger partial charge in [0, 0.05) is 6.04 Å². The van der Waals surface area contributed by atoms with Crippen LogP contribution in [0.5, 0.6) is 0 Å². The second-order valence-corrected chi connectivity index (χ2v) is 5.56. The number of likely N-dealkylation sites (tertiary alicyclic amines) is 1. The van der Waals surface area contributed by atoms with Crippen molar-refractivity contribution in [1.29, 1.82) is 0 Å². The maximum Gasteiger partial charge on any atom is 0.0567 e. The molecular weight excluding hydrogens is 208 g/mol. The molecule has 0 spiro atoms. The van der Waals surface area contributed by atoms with Gasteiger partial charge in [-0.15, -0.1) is 0 Å². The third-order valence-corrected chi connectivity index (χ3v) is 4.56. The van der Waals surface area contributed by atoms with Crippen molar-refractivity contribution in [1.82, 2.24) is 4.90 Å². The Labute approximate surface area is 104 Å². The minimum Gasteiger partial charge on any atom is -0.320 e. The molecule has 0 radical (unpaired) electrons. The average molecular weight is 230 g/mol. The van der Waals surface area contributed by atoms with Crippen LogP contribution >= 0.6 is 0 Å². The molecule has 2 aliphatic rings. The van der Waals surface area contributed by atoms with Crippen molar-refractivity contribution in [3.05, 3.63) is 35.9 Å². The number of hydrogen-bond acceptors (Lipinski definition) is 2. The highest BCUT2D eigenvalue weighted by atomic mass is 15.2. The molecule has 0 amide bonds. The molecule has 3 rings (SSSR count). The molecule has 1 aliphatic heterocycles. The summed E-state index contributed by atoms with van der Waals surface area (Å²) in [5.74, 6) is 0. The second-order valence-electron chi connectivity index (χ2n) is 5.56. The fraction of sp³-hybridized carbons (Fsp3) is 0.600. The van der Waals surface area contributed by atoms with Crippen LogP contribution in [0.2, 0.25) is 0 Å². The molecule has 92 valence electrons. The van der Waals surface area contributed by atoms with Crippen molar-refractivity contribution in [2.24, 2.45) is 5.73 Å². The maximum absolute atomic E-state index is 6.76. The lowest BCUT2D eigenvalue weighted by Gasteiger charge is -2.38. The van der Waals surface area contributed by atoms with E-state index in [1.165, 1.54) is 44.3 Å². The van der Waals surface area contributed by atoms with Crippen molar-refractivity contribution in [3.8, 4) is 0 Å². The quantitative estimate of drug-likeness (QED) is 0.845. The molecule has 0 aromatic heterocycles. The van der Waals surface area contributed by atoms with Crippen LogP contribution in [-0.4, -0.2) is 24.0 Å². The Morgan fingerprint density at radius 3 is 2.47 bits per heavy atom. The van der Waals surface area contributed by atoms with Crippen molar-refractivity contribution in [3.63, 3.8) is 0 Å². The van der Waals surface area contributed by atoms with E-state index in [0.717, 1.165) is 6.42 Å². The van der Waals surface area contributed by atoms with Crippen LogP contribution in [0.25, 0.3) is 0 Å². The minimum atomic E-state index is -0.106. The monoisotopic (exact) mass is 230 g/mol. The first-order chi connectivity index (χ1) is 8.31. The number of rotatable bonds is 2. The predicted octanol–water partition coefficient (Wildman–Crippen LogP) is 2.49. The van der Waals surface area contributed by atoms with Crippen LogP contribution in [0.15, 0.2) is 30.3 Å². The molecule has 1 aromatic carbocycles. The second kappa shape index (κ2) is 4.43. The number of nitrogens with two attached hydrogens (primary N) is 1. The van der Waals surface area contributed by atoms with E-state index in [2.05, 4.69) is 35.2 Å². The fourth-order valence-corrected chi connectivity index (χ4v) is 3.66. The van der Waals surface area contributed by atoms with Crippen LogP contribution in [-0.2, 0) is 5.54 Å². The highest BCUT2D eigenvalue weighted by molar-refractivity contribution is 5.28. The van der Waals surface area contributed by atoms with Gasteiger partial charge in [0.05, 0.1) is 5.54 Å². The molecule has 0 unspecified atom stereocenters. The Hall–Kier alpha value is -0.860. The van der Waals surface area contributed by atoms with Gasteiger partial charge in [-0.05, 0) is 50.8 Å². The van der Waals surface area contributed by atoms with Gasteiger partial charge in [0.15, 0.2) is 0 Å². The van der Waals surface area contributed by atoms with Crippen molar-refractivity contribution in [2.45, 2.75) is 43.7 Å². The summed E-state index contributed by atoms with van der Waals surface area (Å²) in [5.41, 5.74) is 7.99. The Kier molecular flexibility index (Phi) is 2.93. The average Bonchev–Trinajstić information content (AvgIpc) is 2.99. The Balaban J connectivity index is 1.89. The van der Waals surface area contributed by atoms with Gasteiger partial charge in [0.1, 0.15) is 0 Å². The smallest absolute Gasteiger partial charge is 0.0567 e. The third-order valence-electron chi connectivity index (χ3n) is 4.56. The number of hydrogen-bond donors (Lipinski definition) is 1. The number of benzene rings is 1. The molecule has 2 atom stereocenters.